The minimum absolute atomic E-state index is 0.0366. The molecule has 0 amide bonds. The first-order valence-corrected chi connectivity index (χ1v) is 7.65. The predicted molar refractivity (Wildman–Crippen MR) is 63.3 cm³/mol. The minimum atomic E-state index is -3.41. The van der Waals surface area contributed by atoms with Gasteiger partial charge in [0.25, 0.3) is 0 Å². The average Bonchev–Trinajstić information content (AvgIpc) is 2.16. The van der Waals surface area contributed by atoms with Crippen molar-refractivity contribution >= 4 is 19.7 Å². The molecule has 1 aliphatic rings. The summed E-state index contributed by atoms with van der Waals surface area (Å²) in [5, 5.41) is 9.32. The number of benzene rings is 1. The van der Waals surface area contributed by atoms with E-state index in [-0.39, 0.29) is 17.4 Å². The van der Waals surface area contributed by atoms with E-state index in [1.54, 1.807) is 12.1 Å². The largest absolute Gasteiger partial charge is 0.508 e. The van der Waals surface area contributed by atoms with Crippen molar-refractivity contribution in [2.24, 2.45) is 5.92 Å². The lowest BCUT2D eigenvalue weighted by molar-refractivity contribution is 0.466. The first-order valence-electron chi connectivity index (χ1n) is 5.17. The molecule has 88 valence electrons. The van der Waals surface area contributed by atoms with Crippen LogP contribution in [0.5, 0.6) is 5.75 Å². The third kappa shape index (κ3) is 2.89. The van der Waals surface area contributed by atoms with Crippen LogP contribution in [-0.2, 0) is 21.9 Å². The minimum Gasteiger partial charge on any atom is -0.508 e. The molecule has 0 spiro atoms. The van der Waals surface area contributed by atoms with Crippen molar-refractivity contribution in [2.45, 2.75) is 19.3 Å². The highest BCUT2D eigenvalue weighted by Gasteiger charge is 2.23. The molecule has 0 bridgehead atoms. The molecule has 0 aromatic heterocycles. The number of fused-ring (bicyclic) bond motifs is 1. The molecule has 1 N–H and O–H groups in total. The fourth-order valence-electron chi connectivity index (χ4n) is 2.24. The van der Waals surface area contributed by atoms with Crippen molar-refractivity contribution in [1.29, 1.82) is 0 Å². The second kappa shape index (κ2) is 4.26. The molecule has 3 nitrogen and oxygen atoms in total. The summed E-state index contributed by atoms with van der Waals surface area (Å²) < 4.78 is 22.0. The van der Waals surface area contributed by atoms with Crippen LogP contribution in [0, 0.1) is 5.92 Å². The van der Waals surface area contributed by atoms with Gasteiger partial charge in [-0.3, -0.25) is 0 Å². The normalized spacial score (nSPS) is 20.4. The molecule has 1 aliphatic carbocycles. The highest BCUT2D eigenvalue weighted by atomic mass is 35.7. The molecule has 16 heavy (non-hydrogen) atoms. The number of rotatable bonds is 2. The van der Waals surface area contributed by atoms with Crippen molar-refractivity contribution in [3.05, 3.63) is 29.3 Å². The Morgan fingerprint density at radius 1 is 1.38 bits per heavy atom. The molecule has 1 atom stereocenters. The molecule has 1 unspecified atom stereocenters. The smallest absolute Gasteiger partial charge is 0.232 e. The predicted octanol–water partition coefficient (Wildman–Crippen LogP) is 2.07. The van der Waals surface area contributed by atoms with Crippen LogP contribution >= 0.6 is 10.7 Å². The molecule has 1 aromatic carbocycles. The Kier molecular flexibility index (Phi) is 3.13. The summed E-state index contributed by atoms with van der Waals surface area (Å²) in [4.78, 5) is 0. The first-order chi connectivity index (χ1) is 7.44. The van der Waals surface area contributed by atoms with Crippen molar-refractivity contribution in [2.75, 3.05) is 5.75 Å². The summed E-state index contributed by atoms with van der Waals surface area (Å²) in [6.07, 6.45) is 2.34. The number of phenols is 1. The third-order valence-corrected chi connectivity index (χ3v) is 4.20. The van der Waals surface area contributed by atoms with Gasteiger partial charge >= 0.3 is 0 Å². The van der Waals surface area contributed by atoms with E-state index in [9.17, 15) is 13.5 Å². The van der Waals surface area contributed by atoms with Gasteiger partial charge in [0.15, 0.2) is 0 Å². The Bertz CT molecular complexity index is 496. The number of phenolic OH excluding ortho intramolecular Hbond substituents is 1. The Labute approximate surface area is 99.5 Å². The SMILES string of the molecule is O=S(=O)(Cl)CC1CCc2cc(O)ccc2C1. The van der Waals surface area contributed by atoms with E-state index in [2.05, 4.69) is 0 Å². The number of aromatic hydroxyl groups is 1. The monoisotopic (exact) mass is 260 g/mol. The van der Waals surface area contributed by atoms with Crippen LogP contribution in [0.25, 0.3) is 0 Å². The van der Waals surface area contributed by atoms with Crippen LogP contribution in [0.2, 0.25) is 0 Å². The quantitative estimate of drug-likeness (QED) is 0.829. The zero-order valence-corrected chi connectivity index (χ0v) is 10.3. The fraction of sp³-hybridized carbons (Fsp3) is 0.455. The van der Waals surface area contributed by atoms with Crippen LogP contribution in [0.1, 0.15) is 17.5 Å². The molecule has 0 heterocycles. The molecule has 5 heteroatoms. The van der Waals surface area contributed by atoms with Gasteiger partial charge in [-0.05, 0) is 48.4 Å². The molecule has 0 saturated carbocycles. The molecule has 0 fully saturated rings. The summed E-state index contributed by atoms with van der Waals surface area (Å²) >= 11 is 0. The topological polar surface area (TPSA) is 54.4 Å². The number of hydrogen-bond donors (Lipinski definition) is 1. The van der Waals surface area contributed by atoms with E-state index >= 15 is 0 Å². The van der Waals surface area contributed by atoms with Crippen molar-refractivity contribution in [3.63, 3.8) is 0 Å². The average molecular weight is 261 g/mol. The lowest BCUT2D eigenvalue weighted by Gasteiger charge is -2.23. The van der Waals surface area contributed by atoms with E-state index in [0.717, 1.165) is 30.4 Å². The summed E-state index contributed by atoms with van der Waals surface area (Å²) in [5.41, 5.74) is 2.23. The molecule has 0 radical (unpaired) electrons. The third-order valence-electron chi connectivity index (χ3n) is 2.96. The van der Waals surface area contributed by atoms with Crippen molar-refractivity contribution < 1.29 is 13.5 Å². The first kappa shape index (κ1) is 11.7. The van der Waals surface area contributed by atoms with Gasteiger partial charge in [-0.1, -0.05) is 6.07 Å². The van der Waals surface area contributed by atoms with Gasteiger partial charge in [-0.2, -0.15) is 0 Å². The zero-order valence-electron chi connectivity index (χ0n) is 8.69. The van der Waals surface area contributed by atoms with Crippen LogP contribution in [0.4, 0.5) is 0 Å². The Morgan fingerprint density at radius 3 is 2.81 bits per heavy atom. The van der Waals surface area contributed by atoms with Gasteiger partial charge in [0.05, 0.1) is 5.75 Å². The van der Waals surface area contributed by atoms with E-state index in [0.29, 0.717) is 0 Å². The lowest BCUT2D eigenvalue weighted by Crippen LogP contribution is -2.20. The van der Waals surface area contributed by atoms with Crippen LogP contribution in [0.15, 0.2) is 18.2 Å². The van der Waals surface area contributed by atoms with Gasteiger partial charge in [0.2, 0.25) is 9.05 Å². The maximum Gasteiger partial charge on any atom is 0.232 e. The van der Waals surface area contributed by atoms with Crippen LogP contribution < -0.4 is 0 Å². The van der Waals surface area contributed by atoms with Gasteiger partial charge in [0, 0.05) is 10.7 Å². The Balaban J connectivity index is 2.15. The van der Waals surface area contributed by atoms with Crippen LogP contribution in [-0.4, -0.2) is 19.3 Å². The van der Waals surface area contributed by atoms with Gasteiger partial charge in [0.1, 0.15) is 5.75 Å². The van der Waals surface area contributed by atoms with E-state index in [4.69, 9.17) is 10.7 Å². The molecule has 0 aliphatic heterocycles. The highest BCUT2D eigenvalue weighted by Crippen LogP contribution is 2.29. The summed E-state index contributed by atoms with van der Waals surface area (Å²) in [7, 11) is 1.84. The maximum atomic E-state index is 11.0. The fourth-order valence-corrected chi connectivity index (χ4v) is 3.62. The van der Waals surface area contributed by atoms with Crippen LogP contribution in [0.3, 0.4) is 0 Å². The zero-order chi connectivity index (χ0) is 11.8. The molecular weight excluding hydrogens is 248 g/mol. The highest BCUT2D eigenvalue weighted by molar-refractivity contribution is 8.13. The second-order valence-electron chi connectivity index (χ2n) is 4.27. The molecule has 2 rings (SSSR count). The summed E-state index contributed by atoms with van der Waals surface area (Å²) in [6.45, 7) is 0. The van der Waals surface area contributed by atoms with E-state index in [1.807, 2.05) is 6.07 Å². The number of hydrogen-bond acceptors (Lipinski definition) is 3. The second-order valence-corrected chi connectivity index (χ2v) is 7.09. The number of aryl methyl sites for hydroxylation is 1. The number of halogens is 1. The lowest BCUT2D eigenvalue weighted by atomic mass is 9.85. The maximum absolute atomic E-state index is 11.0. The molecular formula is C11H13ClO3S. The standard InChI is InChI=1S/C11H13ClO3S/c12-16(14,15)7-8-1-2-10-6-11(13)4-3-9(10)5-8/h3-4,6,8,13H,1-2,5,7H2. The van der Waals surface area contributed by atoms with E-state index < -0.39 is 9.05 Å². The Morgan fingerprint density at radius 2 is 2.12 bits per heavy atom. The Hall–Kier alpha value is -0.740. The van der Waals surface area contributed by atoms with E-state index in [1.165, 1.54) is 0 Å². The van der Waals surface area contributed by atoms with Gasteiger partial charge < -0.3 is 5.11 Å². The molecule has 0 saturated heterocycles. The summed E-state index contributed by atoms with van der Waals surface area (Å²) in [6, 6.07) is 5.24. The van der Waals surface area contributed by atoms with Gasteiger partial charge in [-0.15, -0.1) is 0 Å². The summed E-state index contributed by atoms with van der Waals surface area (Å²) in [5.74, 6) is 0.399. The van der Waals surface area contributed by atoms with Gasteiger partial charge in [-0.25, -0.2) is 8.42 Å². The van der Waals surface area contributed by atoms with Crippen molar-refractivity contribution in [1.82, 2.24) is 0 Å². The molecule has 1 aromatic rings. The van der Waals surface area contributed by atoms with Crippen molar-refractivity contribution in [3.8, 4) is 5.75 Å².